The summed E-state index contributed by atoms with van der Waals surface area (Å²) in [6, 6.07) is 10.8. The van der Waals surface area contributed by atoms with E-state index in [9.17, 15) is 18.3 Å². The van der Waals surface area contributed by atoms with E-state index in [0.717, 1.165) is 22.2 Å². The SMILES string of the molecule is CCS(=O)(=O)N1CCC2(CC1)CN(C(=O)Cc1ccccn1)[C@H](CO)c1[nH]c3cc(OC)ccc3c12. The zero-order valence-electron chi connectivity index (χ0n) is 20.6. The van der Waals surface area contributed by atoms with Crippen molar-refractivity contribution in [3.8, 4) is 5.75 Å². The van der Waals surface area contributed by atoms with Crippen LogP contribution in [0.15, 0.2) is 42.6 Å². The lowest BCUT2D eigenvalue weighted by molar-refractivity contribution is -0.136. The molecule has 1 atom stereocenters. The first-order valence-corrected chi connectivity index (χ1v) is 13.9. The number of sulfonamides is 1. The lowest BCUT2D eigenvalue weighted by Crippen LogP contribution is -2.56. The molecule has 9 nitrogen and oxygen atoms in total. The van der Waals surface area contributed by atoms with Crippen molar-refractivity contribution in [2.75, 3.05) is 39.1 Å². The van der Waals surface area contributed by atoms with Gasteiger partial charge in [0.1, 0.15) is 5.75 Å². The summed E-state index contributed by atoms with van der Waals surface area (Å²) >= 11 is 0. The van der Waals surface area contributed by atoms with Crippen molar-refractivity contribution in [1.29, 1.82) is 0 Å². The van der Waals surface area contributed by atoms with E-state index in [4.69, 9.17) is 4.74 Å². The normalized spacial score (nSPS) is 20.0. The standard InChI is InChI=1S/C26H32N4O5S/c1-3-36(33,34)29-12-9-26(10-13-29)17-30(23(32)14-18-6-4-5-11-27-18)22(16-31)25-24(26)20-8-7-19(35-2)15-21(20)28-25/h4-8,11,15,22,28,31H,3,9-10,12-14,16-17H2,1-2H3/t22-/m1/s1. The Morgan fingerprint density at radius 3 is 2.67 bits per heavy atom. The van der Waals surface area contributed by atoms with Gasteiger partial charge < -0.3 is 19.7 Å². The first-order valence-electron chi connectivity index (χ1n) is 12.3. The predicted octanol–water partition coefficient (Wildman–Crippen LogP) is 2.37. The lowest BCUT2D eigenvalue weighted by atomic mass is 9.68. The Labute approximate surface area is 211 Å². The Hall–Kier alpha value is -2.95. The van der Waals surface area contributed by atoms with Crippen molar-refractivity contribution in [1.82, 2.24) is 19.2 Å². The summed E-state index contributed by atoms with van der Waals surface area (Å²) in [7, 11) is -1.68. The molecule has 0 unspecified atom stereocenters. The highest BCUT2D eigenvalue weighted by Gasteiger charge is 2.49. The Morgan fingerprint density at radius 2 is 2.03 bits per heavy atom. The summed E-state index contributed by atoms with van der Waals surface area (Å²) in [6.07, 6.45) is 2.97. The maximum Gasteiger partial charge on any atom is 0.229 e. The highest BCUT2D eigenvalue weighted by molar-refractivity contribution is 7.89. The third kappa shape index (κ3) is 4.16. The number of methoxy groups -OCH3 is 1. The second kappa shape index (κ2) is 9.49. The van der Waals surface area contributed by atoms with Crippen molar-refractivity contribution < 1.29 is 23.1 Å². The molecule has 2 N–H and O–H groups in total. The number of aromatic amines is 1. The van der Waals surface area contributed by atoms with Gasteiger partial charge in [0.15, 0.2) is 0 Å². The van der Waals surface area contributed by atoms with Crippen LogP contribution >= 0.6 is 0 Å². The number of hydrogen-bond donors (Lipinski definition) is 2. The second-order valence-corrected chi connectivity index (χ2v) is 11.9. The van der Waals surface area contributed by atoms with Crippen LogP contribution < -0.4 is 4.74 Å². The van der Waals surface area contributed by atoms with E-state index in [2.05, 4.69) is 9.97 Å². The van der Waals surface area contributed by atoms with Crippen LogP contribution in [0.4, 0.5) is 0 Å². The molecule has 5 rings (SSSR count). The van der Waals surface area contributed by atoms with E-state index in [1.807, 2.05) is 36.4 Å². The van der Waals surface area contributed by atoms with Crippen LogP contribution in [0.2, 0.25) is 0 Å². The maximum absolute atomic E-state index is 13.6. The molecular weight excluding hydrogens is 480 g/mol. The fourth-order valence-electron chi connectivity index (χ4n) is 5.81. The fourth-order valence-corrected chi connectivity index (χ4v) is 6.92. The molecule has 1 amide bonds. The number of H-pyrrole nitrogens is 1. The minimum atomic E-state index is -3.30. The number of aliphatic hydroxyl groups is 1. The maximum atomic E-state index is 13.6. The second-order valence-electron chi connectivity index (χ2n) is 9.62. The van der Waals surface area contributed by atoms with Gasteiger partial charge in [-0.25, -0.2) is 12.7 Å². The third-order valence-corrected chi connectivity index (χ3v) is 9.62. The summed E-state index contributed by atoms with van der Waals surface area (Å²) in [5, 5.41) is 11.5. The smallest absolute Gasteiger partial charge is 0.229 e. The topological polar surface area (TPSA) is 116 Å². The molecule has 2 aliphatic heterocycles. The van der Waals surface area contributed by atoms with Gasteiger partial charge in [0.05, 0.1) is 31.9 Å². The average Bonchev–Trinajstić information content (AvgIpc) is 3.29. The zero-order valence-corrected chi connectivity index (χ0v) is 21.4. The number of benzene rings is 1. The first-order chi connectivity index (χ1) is 17.3. The zero-order chi connectivity index (χ0) is 25.5. The van der Waals surface area contributed by atoms with Crippen molar-refractivity contribution in [2.45, 2.75) is 37.6 Å². The highest BCUT2D eigenvalue weighted by atomic mass is 32.2. The molecule has 2 aliphatic rings. The van der Waals surface area contributed by atoms with E-state index in [1.54, 1.807) is 29.4 Å². The number of ether oxygens (including phenoxy) is 1. The van der Waals surface area contributed by atoms with E-state index >= 15 is 0 Å². The molecule has 36 heavy (non-hydrogen) atoms. The van der Waals surface area contributed by atoms with Crippen LogP contribution in [0.3, 0.4) is 0 Å². The number of nitrogens with one attached hydrogen (secondary N) is 1. The summed E-state index contributed by atoms with van der Waals surface area (Å²) < 4.78 is 32.1. The number of carbonyl (C=O) groups excluding carboxylic acids is 1. The van der Waals surface area contributed by atoms with Crippen LogP contribution in [0.1, 0.15) is 42.8 Å². The van der Waals surface area contributed by atoms with Gasteiger partial charge in [-0.1, -0.05) is 6.07 Å². The summed E-state index contributed by atoms with van der Waals surface area (Å²) in [4.78, 5) is 23.1. The van der Waals surface area contributed by atoms with Gasteiger partial charge in [-0.15, -0.1) is 0 Å². The van der Waals surface area contributed by atoms with Crippen LogP contribution in [0, 0.1) is 0 Å². The van der Waals surface area contributed by atoms with Crippen molar-refractivity contribution in [3.05, 3.63) is 59.5 Å². The number of aliphatic hydroxyl groups excluding tert-OH is 1. The van der Waals surface area contributed by atoms with Gasteiger partial charge in [-0.3, -0.25) is 9.78 Å². The Morgan fingerprint density at radius 1 is 1.25 bits per heavy atom. The van der Waals surface area contributed by atoms with Gasteiger partial charge in [-0.05, 0) is 49.6 Å². The largest absolute Gasteiger partial charge is 0.497 e. The van der Waals surface area contributed by atoms with Gasteiger partial charge in [-0.2, -0.15) is 0 Å². The number of piperidine rings is 1. The lowest BCUT2D eigenvalue weighted by Gasteiger charge is -2.50. The van der Waals surface area contributed by atoms with E-state index in [-0.39, 0.29) is 24.7 Å². The van der Waals surface area contributed by atoms with Gasteiger partial charge in [0.25, 0.3) is 0 Å². The fraction of sp³-hybridized carbons (Fsp3) is 0.462. The molecule has 10 heteroatoms. The van der Waals surface area contributed by atoms with E-state index in [0.29, 0.717) is 43.9 Å². The van der Waals surface area contributed by atoms with Gasteiger partial charge in [0, 0.05) is 59.6 Å². The molecule has 0 bridgehead atoms. The number of fused-ring (bicyclic) bond motifs is 4. The number of amides is 1. The third-order valence-electron chi connectivity index (χ3n) is 7.74. The number of hydrogen-bond acceptors (Lipinski definition) is 6. The van der Waals surface area contributed by atoms with Gasteiger partial charge >= 0.3 is 0 Å². The molecule has 4 heterocycles. The molecule has 2 aromatic heterocycles. The van der Waals surface area contributed by atoms with Gasteiger partial charge in [0.2, 0.25) is 15.9 Å². The highest BCUT2D eigenvalue weighted by Crippen LogP contribution is 2.49. The number of rotatable bonds is 6. The molecule has 192 valence electrons. The minimum absolute atomic E-state index is 0.0689. The van der Waals surface area contributed by atoms with Crippen molar-refractivity contribution in [2.24, 2.45) is 0 Å². The Kier molecular flexibility index (Phi) is 6.52. The van der Waals surface area contributed by atoms with Crippen molar-refractivity contribution in [3.63, 3.8) is 0 Å². The average molecular weight is 513 g/mol. The number of aromatic nitrogens is 2. The Bertz CT molecular complexity index is 1360. The van der Waals surface area contributed by atoms with E-state index in [1.165, 1.54) is 0 Å². The van der Waals surface area contributed by atoms with E-state index < -0.39 is 21.5 Å². The number of nitrogens with zero attached hydrogens (tertiary/aromatic N) is 3. The molecule has 1 fully saturated rings. The molecule has 0 aliphatic carbocycles. The van der Waals surface area contributed by atoms with Crippen LogP contribution in [0.5, 0.6) is 5.75 Å². The minimum Gasteiger partial charge on any atom is -0.497 e. The molecule has 1 saturated heterocycles. The van der Waals surface area contributed by atoms with Crippen molar-refractivity contribution >= 4 is 26.8 Å². The van der Waals surface area contributed by atoms with Crippen LogP contribution in [-0.2, 0) is 26.7 Å². The quantitative estimate of drug-likeness (QED) is 0.524. The van der Waals surface area contributed by atoms with Crippen LogP contribution in [-0.4, -0.2) is 77.7 Å². The monoisotopic (exact) mass is 512 g/mol. The first kappa shape index (κ1) is 24.7. The molecule has 0 radical (unpaired) electrons. The molecule has 3 aromatic rings. The Balaban J connectivity index is 1.59. The molecular formula is C26H32N4O5S. The summed E-state index contributed by atoms with van der Waals surface area (Å²) in [5.41, 5.74) is 3.00. The number of pyridine rings is 1. The molecule has 1 spiro atoms. The summed E-state index contributed by atoms with van der Waals surface area (Å²) in [5.74, 6) is 0.666. The summed E-state index contributed by atoms with van der Waals surface area (Å²) in [6.45, 7) is 2.64. The van der Waals surface area contributed by atoms with Crippen LogP contribution in [0.25, 0.3) is 10.9 Å². The number of carbonyl (C=O) groups is 1. The molecule has 0 saturated carbocycles. The predicted molar refractivity (Wildman–Crippen MR) is 136 cm³/mol. The molecule has 1 aromatic carbocycles.